The number of hydrogen-bond acceptors (Lipinski definition) is 3. The van der Waals surface area contributed by atoms with Gasteiger partial charge in [-0.25, -0.2) is 4.39 Å². The monoisotopic (exact) mass is 371 g/mol. The second kappa shape index (κ2) is 8.59. The maximum Gasteiger partial charge on any atom is 0.129 e. The molecule has 0 aliphatic rings. The Labute approximate surface area is 157 Å². The van der Waals surface area contributed by atoms with Gasteiger partial charge in [-0.05, 0) is 48.5 Å². The molecular weight excluding hydrogens is 353 g/mol. The van der Waals surface area contributed by atoms with Crippen LogP contribution >= 0.6 is 11.6 Å². The number of hydrogen-bond donors (Lipinski definition) is 1. The molecule has 0 aromatic heterocycles. The molecule has 1 N–H and O–H groups in total. The zero-order valence-electron chi connectivity index (χ0n) is 14.3. The first-order valence-electron chi connectivity index (χ1n) is 8.18. The van der Waals surface area contributed by atoms with E-state index < -0.39 is 0 Å². The second-order valence-electron chi connectivity index (χ2n) is 5.71. The molecule has 0 saturated heterocycles. The maximum absolute atomic E-state index is 13.8. The molecule has 0 aliphatic heterocycles. The Morgan fingerprint density at radius 3 is 2.46 bits per heavy atom. The van der Waals surface area contributed by atoms with E-state index in [1.165, 1.54) is 6.07 Å². The van der Waals surface area contributed by atoms with Gasteiger partial charge in [0.05, 0.1) is 7.11 Å². The van der Waals surface area contributed by atoms with Gasteiger partial charge in [0, 0.05) is 28.4 Å². The number of ether oxygens (including phenoxy) is 2. The van der Waals surface area contributed by atoms with E-state index in [1.54, 1.807) is 37.4 Å². The number of anilines is 1. The van der Waals surface area contributed by atoms with Gasteiger partial charge >= 0.3 is 0 Å². The molecule has 0 heterocycles. The third-order valence-electron chi connectivity index (χ3n) is 3.94. The number of methoxy groups -OCH3 is 1. The van der Waals surface area contributed by atoms with Crippen molar-refractivity contribution in [1.82, 2.24) is 0 Å². The topological polar surface area (TPSA) is 30.5 Å². The molecule has 0 spiro atoms. The lowest BCUT2D eigenvalue weighted by atomic mass is 10.2. The fraction of sp³-hybridized carbons (Fsp3) is 0.143. The summed E-state index contributed by atoms with van der Waals surface area (Å²) in [5.74, 6) is 1.19. The van der Waals surface area contributed by atoms with Crippen molar-refractivity contribution in [3.05, 3.63) is 88.7 Å². The molecule has 0 aliphatic carbocycles. The summed E-state index contributed by atoms with van der Waals surface area (Å²) in [7, 11) is 1.63. The van der Waals surface area contributed by atoms with Gasteiger partial charge in [-0.3, -0.25) is 0 Å². The normalized spacial score (nSPS) is 10.4. The van der Waals surface area contributed by atoms with Gasteiger partial charge in [0.1, 0.15) is 23.9 Å². The highest BCUT2D eigenvalue weighted by Crippen LogP contribution is 2.25. The van der Waals surface area contributed by atoms with Crippen LogP contribution in [0.1, 0.15) is 11.1 Å². The molecule has 0 unspecified atom stereocenters. The van der Waals surface area contributed by atoms with Crippen LogP contribution < -0.4 is 14.8 Å². The molecule has 26 heavy (non-hydrogen) atoms. The van der Waals surface area contributed by atoms with Crippen molar-refractivity contribution in [1.29, 1.82) is 0 Å². The van der Waals surface area contributed by atoms with Crippen LogP contribution in [0.2, 0.25) is 5.02 Å². The van der Waals surface area contributed by atoms with Gasteiger partial charge in [0.15, 0.2) is 0 Å². The maximum atomic E-state index is 13.8. The number of rotatable bonds is 7. The van der Waals surface area contributed by atoms with E-state index in [9.17, 15) is 4.39 Å². The van der Waals surface area contributed by atoms with Crippen molar-refractivity contribution in [2.45, 2.75) is 13.2 Å². The molecule has 0 bridgehead atoms. The average molecular weight is 372 g/mol. The summed E-state index contributed by atoms with van der Waals surface area (Å²) >= 11 is 6.12. The third kappa shape index (κ3) is 4.67. The molecule has 0 amide bonds. The zero-order valence-corrected chi connectivity index (χ0v) is 15.1. The lowest BCUT2D eigenvalue weighted by molar-refractivity contribution is 0.297. The summed E-state index contributed by atoms with van der Waals surface area (Å²) in [6.07, 6.45) is 0. The van der Waals surface area contributed by atoms with E-state index in [4.69, 9.17) is 21.1 Å². The Morgan fingerprint density at radius 2 is 1.73 bits per heavy atom. The minimum Gasteiger partial charge on any atom is -0.497 e. The van der Waals surface area contributed by atoms with Crippen LogP contribution in [0.15, 0.2) is 66.7 Å². The van der Waals surface area contributed by atoms with Gasteiger partial charge in [-0.2, -0.15) is 0 Å². The molecule has 5 heteroatoms. The highest BCUT2D eigenvalue weighted by atomic mass is 35.5. The molecule has 0 saturated carbocycles. The molecular formula is C21H19ClFNO2. The Hall–Kier alpha value is -2.72. The van der Waals surface area contributed by atoms with Crippen LogP contribution in [0.3, 0.4) is 0 Å². The van der Waals surface area contributed by atoms with Crippen LogP contribution in [-0.2, 0) is 13.2 Å². The van der Waals surface area contributed by atoms with Crippen LogP contribution in [0.25, 0.3) is 0 Å². The second-order valence-corrected chi connectivity index (χ2v) is 6.15. The fourth-order valence-electron chi connectivity index (χ4n) is 2.50. The molecule has 134 valence electrons. The smallest absolute Gasteiger partial charge is 0.129 e. The standard InChI is InChI=1S/C21H19ClFNO2/c1-25-19-9-7-18(8-10-19)24-13-16-12-17(22)6-11-21(16)26-14-15-4-2-3-5-20(15)23/h2-12,24H,13-14H2,1H3. The van der Waals surface area contributed by atoms with Crippen molar-refractivity contribution in [3.8, 4) is 11.5 Å². The van der Waals surface area contributed by atoms with Gasteiger partial charge in [-0.15, -0.1) is 0 Å². The highest BCUT2D eigenvalue weighted by Gasteiger charge is 2.08. The molecule has 3 nitrogen and oxygen atoms in total. The largest absolute Gasteiger partial charge is 0.497 e. The van der Waals surface area contributed by atoms with Crippen molar-refractivity contribution in [3.63, 3.8) is 0 Å². The van der Waals surface area contributed by atoms with Crippen LogP contribution in [0.5, 0.6) is 11.5 Å². The van der Waals surface area contributed by atoms with Crippen molar-refractivity contribution in [2.24, 2.45) is 0 Å². The van der Waals surface area contributed by atoms with E-state index in [0.29, 0.717) is 22.9 Å². The molecule has 3 aromatic rings. The van der Waals surface area contributed by atoms with Crippen LogP contribution in [0, 0.1) is 5.82 Å². The molecule has 0 radical (unpaired) electrons. The Balaban J connectivity index is 1.70. The Bertz CT molecular complexity index is 868. The fourth-order valence-corrected chi connectivity index (χ4v) is 2.70. The first-order chi connectivity index (χ1) is 12.7. The number of benzene rings is 3. The predicted molar refractivity (Wildman–Crippen MR) is 103 cm³/mol. The zero-order chi connectivity index (χ0) is 18.4. The van der Waals surface area contributed by atoms with Crippen molar-refractivity contribution < 1.29 is 13.9 Å². The summed E-state index contributed by atoms with van der Waals surface area (Å²) in [5, 5.41) is 3.94. The molecule has 0 fully saturated rings. The van der Waals surface area contributed by atoms with E-state index in [-0.39, 0.29) is 12.4 Å². The van der Waals surface area contributed by atoms with E-state index in [1.807, 2.05) is 30.3 Å². The molecule has 3 rings (SSSR count). The number of nitrogens with one attached hydrogen (secondary N) is 1. The van der Waals surface area contributed by atoms with Gasteiger partial charge in [0.2, 0.25) is 0 Å². The Kier molecular flexibility index (Phi) is 5.97. The van der Waals surface area contributed by atoms with Crippen LogP contribution in [0.4, 0.5) is 10.1 Å². The summed E-state index contributed by atoms with van der Waals surface area (Å²) in [6.45, 7) is 0.684. The summed E-state index contributed by atoms with van der Waals surface area (Å²) in [6, 6.07) is 19.6. The number of halogens is 2. The minimum absolute atomic E-state index is 0.157. The van der Waals surface area contributed by atoms with Gasteiger partial charge in [0.25, 0.3) is 0 Å². The van der Waals surface area contributed by atoms with Gasteiger partial charge in [-0.1, -0.05) is 29.8 Å². The summed E-state index contributed by atoms with van der Waals surface area (Å²) in [4.78, 5) is 0. The van der Waals surface area contributed by atoms with Crippen LogP contribution in [-0.4, -0.2) is 7.11 Å². The third-order valence-corrected chi connectivity index (χ3v) is 4.17. The average Bonchev–Trinajstić information content (AvgIpc) is 2.67. The molecule has 3 aromatic carbocycles. The Morgan fingerprint density at radius 1 is 0.962 bits per heavy atom. The SMILES string of the molecule is COc1ccc(NCc2cc(Cl)ccc2OCc2ccccc2F)cc1. The molecule has 0 atom stereocenters. The van der Waals surface area contributed by atoms with Crippen molar-refractivity contribution >= 4 is 17.3 Å². The predicted octanol–water partition coefficient (Wildman–Crippen LogP) is 5.68. The van der Waals surface area contributed by atoms with E-state index in [0.717, 1.165) is 17.0 Å². The van der Waals surface area contributed by atoms with E-state index >= 15 is 0 Å². The quantitative estimate of drug-likeness (QED) is 0.579. The van der Waals surface area contributed by atoms with Crippen molar-refractivity contribution in [2.75, 3.05) is 12.4 Å². The lowest BCUT2D eigenvalue weighted by Crippen LogP contribution is -2.04. The van der Waals surface area contributed by atoms with E-state index in [2.05, 4.69) is 5.32 Å². The first kappa shape index (κ1) is 18.1. The summed E-state index contributed by atoms with van der Waals surface area (Å²) in [5.41, 5.74) is 2.35. The van der Waals surface area contributed by atoms with Gasteiger partial charge < -0.3 is 14.8 Å². The first-order valence-corrected chi connectivity index (χ1v) is 8.56. The minimum atomic E-state index is -0.278. The summed E-state index contributed by atoms with van der Waals surface area (Å²) < 4.78 is 24.7. The highest BCUT2D eigenvalue weighted by molar-refractivity contribution is 6.30. The lowest BCUT2D eigenvalue weighted by Gasteiger charge is -2.14.